The first kappa shape index (κ1) is 20.6. The first-order chi connectivity index (χ1) is 14.1. The number of rotatable bonds is 6. The van der Waals surface area contributed by atoms with Crippen LogP contribution in [0.2, 0.25) is 0 Å². The smallest absolute Gasteiger partial charge is 0.409 e. The molecule has 0 unspecified atom stereocenters. The zero-order valence-corrected chi connectivity index (χ0v) is 16.9. The minimum atomic E-state index is -0.296. The Morgan fingerprint density at radius 3 is 2.52 bits per heavy atom. The van der Waals surface area contributed by atoms with Crippen LogP contribution in [0.25, 0.3) is 0 Å². The average molecular weight is 397 g/mol. The number of hydrogen-bond donors (Lipinski definition) is 2. The molecule has 2 amide bonds. The van der Waals surface area contributed by atoms with Crippen LogP contribution in [0.5, 0.6) is 0 Å². The summed E-state index contributed by atoms with van der Waals surface area (Å²) in [5.41, 5.74) is 2.46. The standard InChI is InChI=1S/C21H27N5O3/c1-3-15-5-7-16(8-6-15)24-19-13-18(22-14-23-19)20(27)25-17-9-11-26(12-10-17)21(28)29-4-2/h5-8,13-14,17H,3-4,9-12H2,1-2H3,(H,25,27)(H,22,23,24). The van der Waals surface area contributed by atoms with Crippen molar-refractivity contribution >= 4 is 23.5 Å². The molecule has 0 aliphatic carbocycles. The molecule has 0 spiro atoms. The van der Waals surface area contributed by atoms with Crippen LogP contribution in [0, 0.1) is 0 Å². The minimum Gasteiger partial charge on any atom is -0.450 e. The lowest BCUT2D eigenvalue weighted by Crippen LogP contribution is -2.46. The average Bonchev–Trinajstić information content (AvgIpc) is 2.75. The molecule has 8 heteroatoms. The molecule has 1 aliphatic heterocycles. The van der Waals surface area contributed by atoms with Gasteiger partial charge in [-0.1, -0.05) is 19.1 Å². The predicted octanol–water partition coefficient (Wildman–Crippen LogP) is 3.13. The van der Waals surface area contributed by atoms with Crippen molar-refractivity contribution in [1.29, 1.82) is 0 Å². The van der Waals surface area contributed by atoms with E-state index in [4.69, 9.17) is 4.74 Å². The van der Waals surface area contributed by atoms with E-state index in [-0.39, 0.29) is 18.0 Å². The SMILES string of the molecule is CCOC(=O)N1CCC(NC(=O)c2cc(Nc3ccc(CC)cc3)ncn2)CC1. The molecular weight excluding hydrogens is 370 g/mol. The summed E-state index contributed by atoms with van der Waals surface area (Å²) in [5.74, 6) is 0.317. The van der Waals surface area contributed by atoms with Crippen LogP contribution in [0.15, 0.2) is 36.7 Å². The van der Waals surface area contributed by atoms with Crippen LogP contribution in [0.1, 0.15) is 42.7 Å². The van der Waals surface area contributed by atoms with E-state index in [1.165, 1.54) is 11.9 Å². The molecule has 8 nitrogen and oxygen atoms in total. The number of ether oxygens (including phenoxy) is 1. The molecule has 1 aromatic heterocycles. The van der Waals surface area contributed by atoms with E-state index in [1.807, 2.05) is 12.1 Å². The molecule has 154 valence electrons. The Hall–Kier alpha value is -3.16. The van der Waals surface area contributed by atoms with Crippen LogP contribution in [-0.4, -0.2) is 52.6 Å². The molecular formula is C21H27N5O3. The second-order valence-electron chi connectivity index (χ2n) is 6.90. The largest absolute Gasteiger partial charge is 0.450 e. The highest BCUT2D eigenvalue weighted by molar-refractivity contribution is 5.93. The van der Waals surface area contributed by atoms with Crippen LogP contribution < -0.4 is 10.6 Å². The Labute approximate surface area is 170 Å². The highest BCUT2D eigenvalue weighted by atomic mass is 16.6. The molecule has 0 radical (unpaired) electrons. The van der Waals surface area contributed by atoms with Crippen LogP contribution in [0.3, 0.4) is 0 Å². The maximum Gasteiger partial charge on any atom is 0.409 e. The van der Waals surface area contributed by atoms with Crippen molar-refractivity contribution < 1.29 is 14.3 Å². The van der Waals surface area contributed by atoms with E-state index < -0.39 is 0 Å². The molecule has 29 heavy (non-hydrogen) atoms. The number of aryl methyl sites for hydroxylation is 1. The highest BCUT2D eigenvalue weighted by Crippen LogP contribution is 2.17. The summed E-state index contributed by atoms with van der Waals surface area (Å²) in [6, 6.07) is 9.72. The van der Waals surface area contributed by atoms with Crippen molar-refractivity contribution in [2.75, 3.05) is 25.0 Å². The third-order valence-corrected chi connectivity index (χ3v) is 4.89. The number of aromatic nitrogens is 2. The minimum absolute atomic E-state index is 0.00105. The second kappa shape index (κ2) is 9.86. The highest BCUT2D eigenvalue weighted by Gasteiger charge is 2.25. The van der Waals surface area contributed by atoms with E-state index >= 15 is 0 Å². The Morgan fingerprint density at radius 1 is 1.14 bits per heavy atom. The van der Waals surface area contributed by atoms with Crippen molar-refractivity contribution in [2.24, 2.45) is 0 Å². The molecule has 1 saturated heterocycles. The van der Waals surface area contributed by atoms with Gasteiger partial charge < -0.3 is 20.3 Å². The van der Waals surface area contributed by atoms with Crippen LogP contribution in [-0.2, 0) is 11.2 Å². The lowest BCUT2D eigenvalue weighted by molar-refractivity contribution is 0.0856. The second-order valence-corrected chi connectivity index (χ2v) is 6.90. The van der Waals surface area contributed by atoms with E-state index in [1.54, 1.807) is 17.9 Å². The molecule has 3 rings (SSSR count). The fourth-order valence-electron chi connectivity index (χ4n) is 3.20. The number of benzene rings is 1. The lowest BCUT2D eigenvalue weighted by atomic mass is 10.1. The summed E-state index contributed by atoms with van der Waals surface area (Å²) < 4.78 is 5.02. The predicted molar refractivity (Wildman–Crippen MR) is 110 cm³/mol. The Morgan fingerprint density at radius 2 is 1.86 bits per heavy atom. The molecule has 2 aromatic rings. The normalized spacial score (nSPS) is 14.3. The number of nitrogens with one attached hydrogen (secondary N) is 2. The van der Waals surface area contributed by atoms with Crippen molar-refractivity contribution in [1.82, 2.24) is 20.2 Å². The number of nitrogens with zero attached hydrogens (tertiary/aromatic N) is 3. The van der Waals surface area contributed by atoms with Gasteiger partial charge in [-0.15, -0.1) is 0 Å². The van der Waals surface area contributed by atoms with Gasteiger partial charge in [-0.05, 0) is 43.9 Å². The summed E-state index contributed by atoms with van der Waals surface area (Å²) in [5, 5.41) is 6.19. The summed E-state index contributed by atoms with van der Waals surface area (Å²) in [6.45, 7) is 5.39. The zero-order valence-electron chi connectivity index (χ0n) is 16.9. The fraction of sp³-hybridized carbons (Fsp3) is 0.429. The number of amides is 2. The van der Waals surface area contributed by atoms with E-state index in [9.17, 15) is 9.59 Å². The van der Waals surface area contributed by atoms with Gasteiger partial charge >= 0.3 is 6.09 Å². The molecule has 2 N–H and O–H groups in total. The van der Waals surface area contributed by atoms with E-state index in [0.717, 1.165) is 12.1 Å². The third kappa shape index (κ3) is 5.66. The topological polar surface area (TPSA) is 96.5 Å². The number of carbonyl (C=O) groups excluding carboxylic acids is 2. The van der Waals surface area contributed by atoms with Gasteiger partial charge in [-0.25, -0.2) is 14.8 Å². The van der Waals surface area contributed by atoms with Gasteiger partial charge in [0.1, 0.15) is 17.8 Å². The van der Waals surface area contributed by atoms with Gasteiger partial charge in [0.15, 0.2) is 0 Å². The van der Waals surface area contributed by atoms with Crippen molar-refractivity contribution in [3.05, 3.63) is 47.9 Å². The third-order valence-electron chi connectivity index (χ3n) is 4.89. The number of carbonyl (C=O) groups is 2. The van der Waals surface area contributed by atoms with Gasteiger partial charge in [-0.3, -0.25) is 4.79 Å². The van der Waals surface area contributed by atoms with Crippen LogP contribution >= 0.6 is 0 Å². The lowest BCUT2D eigenvalue weighted by Gasteiger charge is -2.31. The van der Waals surface area contributed by atoms with Gasteiger partial charge in [0.25, 0.3) is 5.91 Å². The first-order valence-electron chi connectivity index (χ1n) is 9.99. The van der Waals surface area contributed by atoms with Gasteiger partial charge in [0, 0.05) is 30.9 Å². The molecule has 0 bridgehead atoms. The monoisotopic (exact) mass is 397 g/mol. The van der Waals surface area contributed by atoms with Gasteiger partial charge in [-0.2, -0.15) is 0 Å². The van der Waals surface area contributed by atoms with Crippen LogP contribution in [0.4, 0.5) is 16.3 Å². The molecule has 1 fully saturated rings. The van der Waals surface area contributed by atoms with Gasteiger partial charge in [0.2, 0.25) is 0 Å². The summed E-state index contributed by atoms with van der Waals surface area (Å²) in [4.78, 5) is 34.3. The molecule has 1 aromatic carbocycles. The summed E-state index contributed by atoms with van der Waals surface area (Å²) in [6.07, 6.45) is 3.43. The van der Waals surface area contributed by atoms with Gasteiger partial charge in [0.05, 0.1) is 6.61 Å². The Bertz CT molecular complexity index is 832. The molecule has 0 atom stereocenters. The Kier molecular flexibility index (Phi) is 6.99. The number of anilines is 2. The molecule has 2 heterocycles. The fourth-order valence-corrected chi connectivity index (χ4v) is 3.20. The van der Waals surface area contributed by atoms with Crippen molar-refractivity contribution in [3.63, 3.8) is 0 Å². The maximum absolute atomic E-state index is 12.6. The summed E-state index contributed by atoms with van der Waals surface area (Å²) in [7, 11) is 0. The number of piperidine rings is 1. The molecule has 0 saturated carbocycles. The van der Waals surface area contributed by atoms with E-state index in [2.05, 4.69) is 39.7 Å². The number of likely N-dealkylation sites (tertiary alicyclic amines) is 1. The molecule has 1 aliphatic rings. The quantitative estimate of drug-likeness (QED) is 0.777. The summed E-state index contributed by atoms with van der Waals surface area (Å²) >= 11 is 0. The Balaban J connectivity index is 1.55. The number of hydrogen-bond acceptors (Lipinski definition) is 6. The first-order valence-corrected chi connectivity index (χ1v) is 9.99. The van der Waals surface area contributed by atoms with E-state index in [0.29, 0.717) is 44.0 Å². The van der Waals surface area contributed by atoms with Crippen molar-refractivity contribution in [2.45, 2.75) is 39.2 Å². The maximum atomic E-state index is 12.6. The van der Waals surface area contributed by atoms with Crippen molar-refractivity contribution in [3.8, 4) is 0 Å². The zero-order chi connectivity index (χ0) is 20.6.